The molecule has 0 aromatic carbocycles. The maximum Gasteiger partial charge on any atom is 0.252 e. The summed E-state index contributed by atoms with van der Waals surface area (Å²) in [5, 5.41) is 12.1. The molecule has 0 radical (unpaired) electrons. The fraction of sp³-hybridized carbons (Fsp3) is 0.632. The van der Waals surface area contributed by atoms with Crippen molar-refractivity contribution in [1.29, 1.82) is 0 Å². The Hall–Kier alpha value is -1.95. The molecule has 1 saturated carbocycles. The van der Waals surface area contributed by atoms with Crippen LogP contribution in [-0.2, 0) is 5.54 Å². The van der Waals surface area contributed by atoms with Gasteiger partial charge in [-0.1, -0.05) is 0 Å². The van der Waals surface area contributed by atoms with Crippen molar-refractivity contribution in [2.24, 2.45) is 0 Å². The first kappa shape index (κ1) is 16.5. The molecule has 0 bridgehead atoms. The van der Waals surface area contributed by atoms with Crippen molar-refractivity contribution < 1.29 is 4.79 Å². The molecule has 3 heterocycles. The molecule has 1 aliphatic carbocycles. The molecule has 0 spiro atoms. The molecule has 1 aliphatic heterocycles. The van der Waals surface area contributed by atoms with Crippen LogP contribution in [0.5, 0.6) is 0 Å². The number of aromatic nitrogens is 3. The number of amides is 1. The maximum atomic E-state index is 13.0. The number of rotatable bonds is 3. The lowest BCUT2D eigenvalue weighted by Crippen LogP contribution is -2.36. The predicted molar refractivity (Wildman–Crippen MR) is 98.0 cm³/mol. The number of nitrogens with zero attached hydrogens (tertiary/aromatic N) is 3. The zero-order valence-electron chi connectivity index (χ0n) is 15.5. The van der Waals surface area contributed by atoms with Crippen molar-refractivity contribution in [3.8, 4) is 0 Å². The number of aryl methyl sites for hydroxylation is 1. The molecule has 2 aromatic heterocycles. The molecular weight excluding hydrogens is 314 g/mol. The molecule has 4 rings (SSSR count). The quantitative estimate of drug-likeness (QED) is 0.900. The van der Waals surface area contributed by atoms with E-state index in [4.69, 9.17) is 10.1 Å². The largest absolute Gasteiger partial charge is 0.348 e. The third-order valence-corrected chi connectivity index (χ3v) is 5.10. The van der Waals surface area contributed by atoms with Gasteiger partial charge in [-0.05, 0) is 59.6 Å². The minimum atomic E-state index is -0.176. The third-order valence-electron chi connectivity index (χ3n) is 5.10. The summed E-state index contributed by atoms with van der Waals surface area (Å²) in [5.74, 6) is 0.493. The zero-order valence-corrected chi connectivity index (χ0v) is 15.5. The van der Waals surface area contributed by atoms with Crippen LogP contribution in [0.4, 0.5) is 0 Å². The van der Waals surface area contributed by atoms with Gasteiger partial charge in [0.2, 0.25) is 0 Å². The van der Waals surface area contributed by atoms with Gasteiger partial charge in [0.1, 0.15) is 0 Å². The number of nitrogens with one attached hydrogen (secondary N) is 2. The van der Waals surface area contributed by atoms with Gasteiger partial charge in [-0.3, -0.25) is 4.79 Å². The van der Waals surface area contributed by atoms with Crippen molar-refractivity contribution in [2.45, 2.75) is 64.5 Å². The first-order chi connectivity index (χ1) is 11.8. The van der Waals surface area contributed by atoms with Crippen molar-refractivity contribution in [1.82, 2.24) is 25.4 Å². The van der Waals surface area contributed by atoms with E-state index in [0.29, 0.717) is 5.92 Å². The molecule has 2 aliphatic rings. The molecule has 1 unspecified atom stereocenters. The van der Waals surface area contributed by atoms with Gasteiger partial charge >= 0.3 is 0 Å². The molecule has 2 aromatic rings. The summed E-state index contributed by atoms with van der Waals surface area (Å²) in [6.07, 6.45) is 3.30. The van der Waals surface area contributed by atoms with Crippen LogP contribution in [0.25, 0.3) is 11.0 Å². The average molecular weight is 341 g/mol. The summed E-state index contributed by atoms with van der Waals surface area (Å²) in [4.78, 5) is 17.9. The predicted octanol–water partition coefficient (Wildman–Crippen LogP) is 2.46. The molecule has 134 valence electrons. The molecule has 1 amide bonds. The van der Waals surface area contributed by atoms with E-state index in [2.05, 4.69) is 31.4 Å². The van der Waals surface area contributed by atoms with Crippen LogP contribution in [0.15, 0.2) is 6.07 Å². The first-order valence-corrected chi connectivity index (χ1v) is 9.27. The van der Waals surface area contributed by atoms with E-state index in [1.807, 2.05) is 17.7 Å². The topological polar surface area (TPSA) is 71.8 Å². The normalized spacial score (nSPS) is 21.0. The number of hydrogen-bond acceptors (Lipinski definition) is 4. The first-order valence-electron chi connectivity index (χ1n) is 9.27. The number of carbonyl (C=O) groups excluding carboxylic acids is 1. The van der Waals surface area contributed by atoms with E-state index in [0.717, 1.165) is 60.3 Å². The van der Waals surface area contributed by atoms with E-state index in [-0.39, 0.29) is 17.5 Å². The standard InChI is InChI=1S/C19H27N5O/c1-11-16-14(18(25)21-13-7-8-20-10-13)9-15(12-5-6-12)22-17(16)24(23-11)19(2,3)4/h9,12-13,20H,5-8,10H2,1-4H3,(H,21,25). The van der Waals surface area contributed by atoms with Crippen LogP contribution in [0.2, 0.25) is 0 Å². The molecule has 1 saturated heterocycles. The number of carbonyl (C=O) groups is 1. The second-order valence-electron chi connectivity index (χ2n) is 8.40. The highest BCUT2D eigenvalue weighted by atomic mass is 16.1. The lowest BCUT2D eigenvalue weighted by atomic mass is 10.1. The van der Waals surface area contributed by atoms with Gasteiger partial charge in [-0.15, -0.1) is 0 Å². The second kappa shape index (κ2) is 5.80. The monoisotopic (exact) mass is 341 g/mol. The van der Waals surface area contributed by atoms with Crippen LogP contribution < -0.4 is 10.6 Å². The highest BCUT2D eigenvalue weighted by Crippen LogP contribution is 2.41. The van der Waals surface area contributed by atoms with Crippen molar-refractivity contribution >= 4 is 16.9 Å². The smallest absolute Gasteiger partial charge is 0.252 e. The maximum absolute atomic E-state index is 13.0. The molecule has 2 fully saturated rings. The van der Waals surface area contributed by atoms with Crippen molar-refractivity contribution in [3.63, 3.8) is 0 Å². The van der Waals surface area contributed by atoms with Gasteiger partial charge in [0.05, 0.1) is 22.2 Å². The van der Waals surface area contributed by atoms with Crippen LogP contribution in [0.1, 0.15) is 67.7 Å². The van der Waals surface area contributed by atoms with Crippen LogP contribution in [0.3, 0.4) is 0 Å². The summed E-state index contributed by atoms with van der Waals surface area (Å²) < 4.78 is 1.97. The van der Waals surface area contributed by atoms with Gasteiger partial charge in [-0.25, -0.2) is 9.67 Å². The lowest BCUT2D eigenvalue weighted by molar-refractivity contribution is 0.0941. The minimum absolute atomic E-state index is 0.000408. The SMILES string of the molecule is Cc1nn(C(C)(C)C)c2nc(C3CC3)cc(C(=O)NC3CCNC3)c12. The Morgan fingerprint density at radius 2 is 2.08 bits per heavy atom. The zero-order chi connectivity index (χ0) is 17.8. The summed E-state index contributed by atoms with van der Waals surface area (Å²) >= 11 is 0. The third kappa shape index (κ3) is 3.03. The van der Waals surface area contributed by atoms with Gasteiger partial charge in [0, 0.05) is 24.2 Å². The highest BCUT2D eigenvalue weighted by molar-refractivity contribution is 6.06. The van der Waals surface area contributed by atoms with Crippen molar-refractivity contribution in [2.75, 3.05) is 13.1 Å². The Balaban J connectivity index is 1.84. The average Bonchev–Trinajstić information content (AvgIpc) is 3.17. The second-order valence-corrected chi connectivity index (χ2v) is 8.40. The Morgan fingerprint density at radius 3 is 2.68 bits per heavy atom. The lowest BCUT2D eigenvalue weighted by Gasteiger charge is -2.20. The number of fused-ring (bicyclic) bond motifs is 1. The van der Waals surface area contributed by atoms with E-state index >= 15 is 0 Å². The van der Waals surface area contributed by atoms with Crippen LogP contribution in [-0.4, -0.2) is 39.8 Å². The van der Waals surface area contributed by atoms with E-state index in [9.17, 15) is 4.79 Å². The number of hydrogen-bond donors (Lipinski definition) is 2. The minimum Gasteiger partial charge on any atom is -0.348 e. The molecule has 2 N–H and O–H groups in total. The van der Waals surface area contributed by atoms with E-state index in [1.165, 1.54) is 0 Å². The Labute approximate surface area is 148 Å². The molecule has 1 atom stereocenters. The van der Waals surface area contributed by atoms with Crippen molar-refractivity contribution in [3.05, 3.63) is 23.0 Å². The molecule has 6 heteroatoms. The van der Waals surface area contributed by atoms with Gasteiger partial charge < -0.3 is 10.6 Å². The fourth-order valence-corrected chi connectivity index (χ4v) is 3.58. The van der Waals surface area contributed by atoms with Gasteiger partial charge in [0.25, 0.3) is 5.91 Å². The number of pyridine rings is 1. The highest BCUT2D eigenvalue weighted by Gasteiger charge is 2.31. The summed E-state index contributed by atoms with van der Waals surface area (Å²) in [6, 6.07) is 2.21. The summed E-state index contributed by atoms with van der Waals surface area (Å²) in [6.45, 7) is 10.1. The Kier molecular flexibility index (Phi) is 3.83. The fourth-order valence-electron chi connectivity index (χ4n) is 3.58. The van der Waals surface area contributed by atoms with Gasteiger partial charge in [-0.2, -0.15) is 5.10 Å². The molecule has 25 heavy (non-hydrogen) atoms. The van der Waals surface area contributed by atoms with E-state index < -0.39 is 0 Å². The van der Waals surface area contributed by atoms with Crippen LogP contribution >= 0.6 is 0 Å². The summed E-state index contributed by atoms with van der Waals surface area (Å²) in [5.41, 5.74) is 3.29. The Morgan fingerprint density at radius 1 is 1.32 bits per heavy atom. The van der Waals surface area contributed by atoms with Gasteiger partial charge in [0.15, 0.2) is 5.65 Å². The summed E-state index contributed by atoms with van der Waals surface area (Å²) in [7, 11) is 0. The Bertz CT molecular complexity index is 822. The molecular formula is C19H27N5O. The molecule has 6 nitrogen and oxygen atoms in total. The van der Waals surface area contributed by atoms with E-state index in [1.54, 1.807) is 0 Å². The van der Waals surface area contributed by atoms with Crippen LogP contribution in [0, 0.1) is 6.92 Å².